The third-order valence-electron chi connectivity index (χ3n) is 3.48. The van der Waals surface area contributed by atoms with Gasteiger partial charge in [0.05, 0.1) is 5.69 Å². The minimum absolute atomic E-state index is 0.803. The van der Waals surface area contributed by atoms with Gasteiger partial charge in [0.25, 0.3) is 0 Å². The van der Waals surface area contributed by atoms with Gasteiger partial charge < -0.3 is 0 Å². The first kappa shape index (κ1) is 8.22. The van der Waals surface area contributed by atoms with Gasteiger partial charge in [-0.1, -0.05) is 18.6 Å². The normalized spacial score (nSPS) is 27.7. The van der Waals surface area contributed by atoms with E-state index in [0.29, 0.717) is 0 Å². The van der Waals surface area contributed by atoms with E-state index in [2.05, 4.69) is 31.0 Å². The molecule has 1 heterocycles. The molecule has 0 aromatic carbocycles. The topological polar surface area (TPSA) is 12.9 Å². The average molecular weight is 185 g/mol. The molecular formula is C13H15N. The molecule has 2 aliphatic carbocycles. The molecule has 0 spiro atoms. The second kappa shape index (κ2) is 2.69. The van der Waals surface area contributed by atoms with Crippen LogP contribution in [0, 0.1) is 12.8 Å². The zero-order valence-electron chi connectivity index (χ0n) is 8.75. The van der Waals surface area contributed by atoms with Crippen LogP contribution >= 0.6 is 0 Å². The zero-order valence-corrected chi connectivity index (χ0v) is 8.75. The Morgan fingerprint density at radius 3 is 3.07 bits per heavy atom. The third kappa shape index (κ3) is 1.05. The van der Waals surface area contributed by atoms with Crippen molar-refractivity contribution >= 4 is 6.08 Å². The molecule has 0 radical (unpaired) electrons. The van der Waals surface area contributed by atoms with E-state index in [1.54, 1.807) is 5.57 Å². The van der Waals surface area contributed by atoms with Crippen molar-refractivity contribution in [1.82, 2.24) is 4.98 Å². The van der Waals surface area contributed by atoms with E-state index in [4.69, 9.17) is 0 Å². The van der Waals surface area contributed by atoms with E-state index in [-0.39, 0.29) is 0 Å². The highest BCUT2D eigenvalue weighted by Gasteiger charge is 2.43. The Kier molecular flexibility index (Phi) is 1.58. The van der Waals surface area contributed by atoms with Crippen LogP contribution in [-0.4, -0.2) is 4.98 Å². The van der Waals surface area contributed by atoms with E-state index in [0.717, 1.165) is 11.8 Å². The fraction of sp³-hybridized carbons (Fsp3) is 0.462. The molecule has 14 heavy (non-hydrogen) atoms. The SMILES string of the molecule is CCC1=Cc2ncc(C)cc2C2CC12. The summed E-state index contributed by atoms with van der Waals surface area (Å²) in [5.41, 5.74) is 5.63. The number of aromatic nitrogens is 1. The number of fused-ring (bicyclic) bond motifs is 3. The van der Waals surface area contributed by atoms with Gasteiger partial charge in [0.1, 0.15) is 0 Å². The van der Waals surface area contributed by atoms with Crippen LogP contribution in [0.3, 0.4) is 0 Å². The van der Waals surface area contributed by atoms with Gasteiger partial charge in [-0.05, 0) is 48.8 Å². The van der Waals surface area contributed by atoms with Crippen LogP contribution in [0.1, 0.15) is 42.5 Å². The fourth-order valence-corrected chi connectivity index (χ4v) is 2.62. The smallest absolute Gasteiger partial charge is 0.0664 e. The molecule has 2 aliphatic rings. The van der Waals surface area contributed by atoms with Crippen molar-refractivity contribution in [3.8, 4) is 0 Å². The van der Waals surface area contributed by atoms with Crippen molar-refractivity contribution in [2.24, 2.45) is 5.92 Å². The van der Waals surface area contributed by atoms with Crippen LogP contribution in [-0.2, 0) is 0 Å². The number of hydrogen-bond donors (Lipinski definition) is 0. The van der Waals surface area contributed by atoms with Crippen molar-refractivity contribution in [1.29, 1.82) is 0 Å². The molecule has 1 fully saturated rings. The average Bonchev–Trinajstić information content (AvgIpc) is 2.96. The summed E-state index contributed by atoms with van der Waals surface area (Å²) < 4.78 is 0. The van der Waals surface area contributed by atoms with E-state index >= 15 is 0 Å². The molecule has 1 aromatic rings. The molecule has 0 aliphatic heterocycles. The minimum atomic E-state index is 0.803. The molecule has 3 rings (SSSR count). The summed E-state index contributed by atoms with van der Waals surface area (Å²) in [7, 11) is 0. The van der Waals surface area contributed by atoms with E-state index in [1.807, 2.05) is 6.20 Å². The van der Waals surface area contributed by atoms with Crippen LogP contribution < -0.4 is 0 Å². The van der Waals surface area contributed by atoms with Gasteiger partial charge in [-0.25, -0.2) is 0 Å². The second-order valence-corrected chi connectivity index (χ2v) is 4.51. The first-order valence-electron chi connectivity index (χ1n) is 5.46. The number of rotatable bonds is 1. The summed E-state index contributed by atoms with van der Waals surface area (Å²) >= 11 is 0. The van der Waals surface area contributed by atoms with Crippen LogP contribution in [0.4, 0.5) is 0 Å². The van der Waals surface area contributed by atoms with Gasteiger partial charge in [0.15, 0.2) is 0 Å². The summed E-state index contributed by atoms with van der Waals surface area (Å²) in [5, 5.41) is 0. The molecule has 2 atom stereocenters. The molecule has 0 bridgehead atoms. The highest BCUT2D eigenvalue weighted by atomic mass is 14.7. The maximum atomic E-state index is 4.52. The molecule has 72 valence electrons. The Morgan fingerprint density at radius 1 is 1.43 bits per heavy atom. The fourth-order valence-electron chi connectivity index (χ4n) is 2.62. The molecule has 0 amide bonds. The molecule has 1 aromatic heterocycles. The number of hydrogen-bond acceptors (Lipinski definition) is 1. The van der Waals surface area contributed by atoms with Crippen LogP contribution in [0.2, 0.25) is 0 Å². The summed E-state index contributed by atoms with van der Waals surface area (Å²) in [4.78, 5) is 4.52. The second-order valence-electron chi connectivity index (χ2n) is 4.51. The highest BCUT2D eigenvalue weighted by molar-refractivity contribution is 5.61. The Balaban J connectivity index is 2.14. The van der Waals surface area contributed by atoms with Crippen LogP contribution in [0.5, 0.6) is 0 Å². The van der Waals surface area contributed by atoms with Crippen molar-refractivity contribution in [3.63, 3.8) is 0 Å². The third-order valence-corrected chi connectivity index (χ3v) is 3.48. The molecule has 1 heteroatoms. The Labute approximate surface area is 84.9 Å². The van der Waals surface area contributed by atoms with E-state index in [9.17, 15) is 0 Å². The lowest BCUT2D eigenvalue weighted by Crippen LogP contribution is -2.00. The van der Waals surface area contributed by atoms with Gasteiger partial charge in [-0.2, -0.15) is 0 Å². The van der Waals surface area contributed by atoms with Crippen LogP contribution in [0.25, 0.3) is 6.08 Å². The molecular weight excluding hydrogens is 170 g/mol. The number of nitrogens with zero attached hydrogens (tertiary/aromatic N) is 1. The summed E-state index contributed by atoms with van der Waals surface area (Å²) in [6.45, 7) is 4.38. The molecule has 0 N–H and O–H groups in total. The van der Waals surface area contributed by atoms with Crippen molar-refractivity contribution in [2.75, 3.05) is 0 Å². The minimum Gasteiger partial charge on any atom is -0.256 e. The van der Waals surface area contributed by atoms with Gasteiger partial charge in [-0.3, -0.25) is 4.98 Å². The van der Waals surface area contributed by atoms with Crippen LogP contribution in [0.15, 0.2) is 17.8 Å². The first-order chi connectivity index (χ1) is 6.79. The Morgan fingerprint density at radius 2 is 2.29 bits per heavy atom. The van der Waals surface area contributed by atoms with Crippen molar-refractivity contribution in [3.05, 3.63) is 34.7 Å². The highest BCUT2D eigenvalue weighted by Crippen LogP contribution is 2.56. The Bertz CT molecular complexity index is 417. The molecule has 2 unspecified atom stereocenters. The van der Waals surface area contributed by atoms with Gasteiger partial charge >= 0.3 is 0 Å². The lowest BCUT2D eigenvalue weighted by atomic mass is 9.94. The maximum absolute atomic E-state index is 4.52. The predicted octanol–water partition coefficient (Wildman–Crippen LogP) is 3.30. The lowest BCUT2D eigenvalue weighted by Gasteiger charge is -2.14. The first-order valence-corrected chi connectivity index (χ1v) is 5.46. The van der Waals surface area contributed by atoms with Gasteiger partial charge in [-0.15, -0.1) is 0 Å². The van der Waals surface area contributed by atoms with Gasteiger partial charge in [0, 0.05) is 6.20 Å². The molecule has 1 saturated carbocycles. The van der Waals surface area contributed by atoms with Crippen molar-refractivity contribution < 1.29 is 0 Å². The number of pyridine rings is 1. The number of aryl methyl sites for hydroxylation is 1. The largest absolute Gasteiger partial charge is 0.256 e. The standard InChI is InChI=1S/C13H15N/c1-3-9-5-13-12(11-6-10(9)11)4-8(2)7-14-13/h4-5,7,10-11H,3,6H2,1-2H3. The predicted molar refractivity (Wildman–Crippen MR) is 58.1 cm³/mol. The molecule has 0 saturated heterocycles. The number of allylic oxidation sites excluding steroid dienone is 1. The summed E-state index contributed by atoms with van der Waals surface area (Å²) in [6.07, 6.45) is 6.84. The lowest BCUT2D eigenvalue weighted by molar-refractivity contribution is 0.858. The van der Waals surface area contributed by atoms with Crippen molar-refractivity contribution in [2.45, 2.75) is 32.6 Å². The summed E-state index contributed by atoms with van der Waals surface area (Å²) in [6, 6.07) is 2.32. The van der Waals surface area contributed by atoms with E-state index in [1.165, 1.54) is 29.7 Å². The summed E-state index contributed by atoms with van der Waals surface area (Å²) in [5.74, 6) is 1.66. The monoisotopic (exact) mass is 185 g/mol. The van der Waals surface area contributed by atoms with E-state index < -0.39 is 0 Å². The van der Waals surface area contributed by atoms with Gasteiger partial charge in [0.2, 0.25) is 0 Å². The molecule has 1 nitrogen and oxygen atoms in total. The Hall–Kier alpha value is -1.11. The zero-order chi connectivity index (χ0) is 9.71. The quantitative estimate of drug-likeness (QED) is 0.654. The maximum Gasteiger partial charge on any atom is 0.0664 e.